The lowest BCUT2D eigenvalue weighted by Gasteiger charge is -2.23. The number of carbonyl (C=O) groups is 2. The molecule has 29 heavy (non-hydrogen) atoms. The van der Waals surface area contributed by atoms with Crippen molar-refractivity contribution in [2.24, 2.45) is 0 Å². The van der Waals surface area contributed by atoms with Crippen LogP contribution in [0, 0.1) is 6.92 Å². The van der Waals surface area contributed by atoms with Gasteiger partial charge in [-0.2, -0.15) is 13.2 Å². The molecule has 2 aromatic rings. The first kappa shape index (κ1) is 20.8. The Balaban J connectivity index is 1.60. The van der Waals surface area contributed by atoms with Gasteiger partial charge in [0, 0.05) is 25.6 Å². The molecular formula is C19H20F3N3O4. The number of carbonyl (C=O) groups excluding carboxylic acids is 2. The predicted molar refractivity (Wildman–Crippen MR) is 94.4 cm³/mol. The van der Waals surface area contributed by atoms with E-state index < -0.39 is 29.8 Å². The van der Waals surface area contributed by atoms with Crippen LogP contribution in [-0.2, 0) is 28.7 Å². The van der Waals surface area contributed by atoms with Gasteiger partial charge in [0.05, 0.1) is 23.8 Å². The molecule has 2 heterocycles. The quantitative estimate of drug-likeness (QED) is 0.783. The molecule has 1 fully saturated rings. The van der Waals surface area contributed by atoms with Gasteiger partial charge >= 0.3 is 6.18 Å². The molecule has 1 aliphatic rings. The highest BCUT2D eigenvalue weighted by molar-refractivity contribution is 5.89. The van der Waals surface area contributed by atoms with Crippen molar-refractivity contribution in [2.45, 2.75) is 44.6 Å². The lowest BCUT2D eigenvalue weighted by Crippen LogP contribution is -2.46. The Labute approximate surface area is 164 Å². The zero-order valence-electron chi connectivity index (χ0n) is 15.6. The van der Waals surface area contributed by atoms with E-state index in [1.165, 1.54) is 17.0 Å². The Bertz CT molecular complexity index is 880. The number of aliphatic hydroxyl groups excluding tert-OH is 1. The van der Waals surface area contributed by atoms with Gasteiger partial charge in [0.2, 0.25) is 11.8 Å². The number of benzene rings is 1. The Hall–Kier alpha value is -2.88. The molecule has 1 aromatic carbocycles. The summed E-state index contributed by atoms with van der Waals surface area (Å²) in [5.41, 5.74) is 0.339. The molecule has 3 rings (SSSR count). The van der Waals surface area contributed by atoms with Crippen LogP contribution in [0.5, 0.6) is 0 Å². The Morgan fingerprint density at radius 3 is 2.59 bits per heavy atom. The highest BCUT2D eigenvalue weighted by Crippen LogP contribution is 2.29. The summed E-state index contributed by atoms with van der Waals surface area (Å²) >= 11 is 0. The fraction of sp³-hybridized carbons (Fsp3) is 0.421. The third kappa shape index (κ3) is 5.14. The predicted octanol–water partition coefficient (Wildman–Crippen LogP) is 1.82. The van der Waals surface area contributed by atoms with E-state index in [-0.39, 0.29) is 31.8 Å². The number of nitrogens with one attached hydrogen (secondary N) is 1. The van der Waals surface area contributed by atoms with Gasteiger partial charge in [-0.15, -0.1) is 0 Å². The first-order valence-corrected chi connectivity index (χ1v) is 8.97. The summed E-state index contributed by atoms with van der Waals surface area (Å²) in [5.74, 6) is -0.506. The summed E-state index contributed by atoms with van der Waals surface area (Å²) in [6.07, 6.45) is -5.27. The van der Waals surface area contributed by atoms with Crippen molar-refractivity contribution in [3.63, 3.8) is 0 Å². The molecular weight excluding hydrogens is 391 g/mol. The van der Waals surface area contributed by atoms with Crippen LogP contribution in [0.15, 0.2) is 34.9 Å². The minimum atomic E-state index is -4.43. The van der Waals surface area contributed by atoms with Crippen molar-refractivity contribution < 1.29 is 32.4 Å². The number of aliphatic hydroxyl groups is 1. The number of aryl methyl sites for hydroxylation is 1. The highest BCUT2D eigenvalue weighted by atomic mass is 19.4. The number of halogens is 3. The number of rotatable bonds is 5. The first-order chi connectivity index (χ1) is 13.6. The molecule has 1 aromatic heterocycles. The Kier molecular flexibility index (Phi) is 5.92. The number of nitrogens with zero attached hydrogens (tertiary/aromatic N) is 2. The standard InChI is InChI=1S/C19H20F3N3O4/c1-11-6-15(29-24-11)8-17(27)25-10-14(26)7-16(25)18(28)23-9-12-2-4-13(5-3-12)19(20,21)22/h2-6,14,16,26H,7-10H2,1H3,(H,23,28). The maximum Gasteiger partial charge on any atom is 0.416 e. The Morgan fingerprint density at radius 2 is 2.00 bits per heavy atom. The molecule has 0 radical (unpaired) electrons. The number of β-amino-alcohol motifs (C(OH)–C–C–N with tert-alkyl or cyclic N) is 1. The average molecular weight is 411 g/mol. The normalized spacial score (nSPS) is 19.4. The molecule has 0 bridgehead atoms. The van der Waals surface area contributed by atoms with Crippen LogP contribution in [0.4, 0.5) is 13.2 Å². The highest BCUT2D eigenvalue weighted by Gasteiger charge is 2.39. The van der Waals surface area contributed by atoms with E-state index in [1.807, 2.05) is 0 Å². The second-order valence-corrected chi connectivity index (χ2v) is 6.98. The number of aromatic nitrogens is 1. The van der Waals surface area contributed by atoms with Gasteiger partial charge in [0.1, 0.15) is 11.8 Å². The van der Waals surface area contributed by atoms with Gasteiger partial charge in [-0.25, -0.2) is 0 Å². The molecule has 7 nitrogen and oxygen atoms in total. The maximum atomic E-state index is 12.6. The van der Waals surface area contributed by atoms with E-state index in [0.29, 0.717) is 17.0 Å². The van der Waals surface area contributed by atoms with Crippen LogP contribution in [0.2, 0.25) is 0 Å². The van der Waals surface area contributed by atoms with Crippen LogP contribution in [0.3, 0.4) is 0 Å². The van der Waals surface area contributed by atoms with E-state index in [0.717, 1.165) is 12.1 Å². The van der Waals surface area contributed by atoms with Crippen LogP contribution in [0.1, 0.15) is 29.0 Å². The minimum Gasteiger partial charge on any atom is -0.391 e. The van der Waals surface area contributed by atoms with E-state index in [2.05, 4.69) is 10.5 Å². The smallest absolute Gasteiger partial charge is 0.391 e. The van der Waals surface area contributed by atoms with Crippen molar-refractivity contribution in [3.8, 4) is 0 Å². The second kappa shape index (κ2) is 8.24. The number of hydrogen-bond donors (Lipinski definition) is 2. The fourth-order valence-electron chi connectivity index (χ4n) is 3.21. The zero-order chi connectivity index (χ0) is 21.2. The van der Waals surface area contributed by atoms with Gasteiger partial charge in [0.25, 0.3) is 0 Å². The second-order valence-electron chi connectivity index (χ2n) is 6.98. The van der Waals surface area contributed by atoms with E-state index in [1.54, 1.807) is 13.0 Å². The lowest BCUT2D eigenvalue weighted by atomic mass is 10.1. The lowest BCUT2D eigenvalue weighted by molar-refractivity contribution is -0.138. The maximum absolute atomic E-state index is 12.6. The largest absolute Gasteiger partial charge is 0.416 e. The van der Waals surface area contributed by atoms with Gasteiger partial charge in [-0.1, -0.05) is 17.3 Å². The molecule has 2 atom stereocenters. The first-order valence-electron chi connectivity index (χ1n) is 8.97. The fourth-order valence-corrected chi connectivity index (χ4v) is 3.21. The topological polar surface area (TPSA) is 95.7 Å². The van der Waals surface area contributed by atoms with Gasteiger partial charge in [-0.3, -0.25) is 9.59 Å². The molecule has 2 amide bonds. The third-order valence-electron chi connectivity index (χ3n) is 4.65. The van der Waals surface area contributed by atoms with Crippen LogP contribution >= 0.6 is 0 Å². The van der Waals surface area contributed by atoms with E-state index >= 15 is 0 Å². The number of hydrogen-bond acceptors (Lipinski definition) is 5. The summed E-state index contributed by atoms with van der Waals surface area (Å²) in [4.78, 5) is 26.3. The Morgan fingerprint density at radius 1 is 1.31 bits per heavy atom. The third-order valence-corrected chi connectivity index (χ3v) is 4.65. The van der Waals surface area contributed by atoms with E-state index in [9.17, 15) is 27.9 Å². The number of likely N-dealkylation sites (tertiary alicyclic amines) is 1. The molecule has 1 aliphatic heterocycles. The molecule has 0 spiro atoms. The van der Waals surface area contributed by atoms with Crippen molar-refractivity contribution >= 4 is 11.8 Å². The molecule has 2 N–H and O–H groups in total. The summed E-state index contributed by atoms with van der Waals surface area (Å²) in [7, 11) is 0. The molecule has 2 unspecified atom stereocenters. The molecule has 156 valence electrons. The van der Waals surface area contributed by atoms with Crippen LogP contribution < -0.4 is 5.32 Å². The molecule has 0 aliphatic carbocycles. The summed E-state index contributed by atoms with van der Waals surface area (Å²) in [6, 6.07) is 5.19. The monoisotopic (exact) mass is 411 g/mol. The van der Waals surface area contributed by atoms with Gasteiger partial charge in [-0.05, 0) is 24.6 Å². The van der Waals surface area contributed by atoms with Crippen molar-refractivity contribution in [3.05, 3.63) is 52.9 Å². The van der Waals surface area contributed by atoms with Crippen molar-refractivity contribution in [1.82, 2.24) is 15.4 Å². The van der Waals surface area contributed by atoms with Gasteiger partial charge in [0.15, 0.2) is 0 Å². The van der Waals surface area contributed by atoms with Crippen LogP contribution in [-0.4, -0.2) is 45.7 Å². The SMILES string of the molecule is Cc1cc(CC(=O)N2CC(O)CC2C(=O)NCc2ccc(C(F)(F)F)cc2)on1. The molecule has 1 saturated heterocycles. The van der Waals surface area contributed by atoms with E-state index in [4.69, 9.17) is 4.52 Å². The summed E-state index contributed by atoms with van der Waals surface area (Å²) < 4.78 is 42.8. The van der Waals surface area contributed by atoms with Gasteiger partial charge < -0.3 is 19.8 Å². The molecule has 10 heteroatoms. The summed E-state index contributed by atoms with van der Waals surface area (Å²) in [6.45, 7) is 1.74. The van der Waals surface area contributed by atoms with Crippen molar-refractivity contribution in [2.75, 3.05) is 6.54 Å². The number of amides is 2. The average Bonchev–Trinajstić information content (AvgIpc) is 3.24. The zero-order valence-corrected chi connectivity index (χ0v) is 15.6. The summed E-state index contributed by atoms with van der Waals surface area (Å²) in [5, 5.41) is 16.2. The molecule has 0 saturated carbocycles. The minimum absolute atomic E-state index is 0.00684. The number of alkyl halides is 3. The van der Waals surface area contributed by atoms with Crippen LogP contribution in [0.25, 0.3) is 0 Å². The van der Waals surface area contributed by atoms with Crippen molar-refractivity contribution in [1.29, 1.82) is 0 Å².